The molecule has 0 aliphatic carbocycles. The average Bonchev–Trinajstić information content (AvgIpc) is 2.61. The molecule has 1 fully saturated rings. The van der Waals surface area contributed by atoms with Crippen LogP contribution in [-0.4, -0.2) is 35.0 Å². The van der Waals surface area contributed by atoms with Gasteiger partial charge in [0.25, 0.3) is 5.91 Å². The number of hydrogen-bond acceptors (Lipinski definition) is 4. The molecule has 144 valence electrons. The van der Waals surface area contributed by atoms with Crippen molar-refractivity contribution in [2.24, 2.45) is 0 Å². The zero-order chi connectivity index (χ0) is 19.6. The van der Waals surface area contributed by atoms with Crippen LogP contribution >= 0.6 is 0 Å². The largest absolute Gasteiger partial charge is 0.433 e. The number of piperidine rings is 1. The molecule has 27 heavy (non-hydrogen) atoms. The summed E-state index contributed by atoms with van der Waals surface area (Å²) in [4.78, 5) is 21.5. The number of anilines is 1. The highest BCUT2D eigenvalue weighted by Gasteiger charge is 2.34. The smallest absolute Gasteiger partial charge is 0.356 e. The number of hydrogen-bond donors (Lipinski definition) is 1. The molecule has 1 aromatic heterocycles. The number of nitrogens with zero attached hydrogens (tertiary/aromatic N) is 3. The molecule has 0 bridgehead atoms. The van der Waals surface area contributed by atoms with E-state index in [1.54, 1.807) is 4.90 Å². The predicted molar refractivity (Wildman–Crippen MR) is 90.9 cm³/mol. The minimum absolute atomic E-state index is 0.0568. The number of rotatable bonds is 3. The summed E-state index contributed by atoms with van der Waals surface area (Å²) in [6.07, 6.45) is -3.43. The molecule has 3 rings (SSSR count). The van der Waals surface area contributed by atoms with Crippen LogP contribution < -0.4 is 10.2 Å². The Morgan fingerprint density at radius 2 is 1.89 bits per heavy atom. The van der Waals surface area contributed by atoms with Gasteiger partial charge in [0.2, 0.25) is 0 Å². The maximum absolute atomic E-state index is 13.2. The number of carbonyl (C=O) groups is 1. The third kappa shape index (κ3) is 4.72. The third-order valence-electron chi connectivity index (χ3n) is 4.36. The van der Waals surface area contributed by atoms with E-state index in [2.05, 4.69) is 15.3 Å². The molecule has 2 aromatic rings. The van der Waals surface area contributed by atoms with Crippen LogP contribution in [0.15, 0.2) is 30.3 Å². The van der Waals surface area contributed by atoms with E-state index >= 15 is 0 Å². The van der Waals surface area contributed by atoms with Gasteiger partial charge in [-0.3, -0.25) is 4.79 Å². The van der Waals surface area contributed by atoms with Crippen LogP contribution in [0.1, 0.15) is 34.7 Å². The van der Waals surface area contributed by atoms with Gasteiger partial charge >= 0.3 is 6.18 Å². The van der Waals surface area contributed by atoms with Crippen LogP contribution in [0.5, 0.6) is 0 Å². The van der Waals surface area contributed by atoms with Gasteiger partial charge in [-0.2, -0.15) is 13.2 Å². The van der Waals surface area contributed by atoms with Gasteiger partial charge in [0.05, 0.1) is 0 Å². The number of halogens is 4. The molecule has 0 saturated carbocycles. The molecule has 2 heterocycles. The topological polar surface area (TPSA) is 58.1 Å². The summed E-state index contributed by atoms with van der Waals surface area (Å²) in [5.41, 5.74) is -0.731. The monoisotopic (exact) mass is 382 g/mol. The molecule has 0 unspecified atom stereocenters. The number of benzene rings is 1. The van der Waals surface area contributed by atoms with Crippen molar-refractivity contribution in [3.05, 3.63) is 53.2 Å². The van der Waals surface area contributed by atoms with Crippen LogP contribution in [0.2, 0.25) is 0 Å². The fourth-order valence-corrected chi connectivity index (χ4v) is 3.01. The van der Waals surface area contributed by atoms with E-state index < -0.39 is 17.7 Å². The van der Waals surface area contributed by atoms with Crippen molar-refractivity contribution < 1.29 is 22.4 Å². The number of amides is 1. The SMILES string of the molecule is Cc1nc(N2CCC(NC(=O)c3cccc(F)c3)CC2)cc(C(F)(F)F)n1. The number of aromatic nitrogens is 2. The summed E-state index contributed by atoms with van der Waals surface area (Å²) in [7, 11) is 0. The quantitative estimate of drug-likeness (QED) is 0.828. The van der Waals surface area contributed by atoms with Crippen molar-refractivity contribution >= 4 is 11.7 Å². The number of nitrogens with one attached hydrogen (secondary N) is 1. The molecule has 1 aliphatic heterocycles. The maximum Gasteiger partial charge on any atom is 0.433 e. The van der Waals surface area contributed by atoms with Crippen molar-refractivity contribution in [1.82, 2.24) is 15.3 Å². The molecule has 5 nitrogen and oxygen atoms in total. The Hall–Kier alpha value is -2.71. The highest BCUT2D eigenvalue weighted by Crippen LogP contribution is 2.30. The van der Waals surface area contributed by atoms with Gasteiger partial charge in [0, 0.05) is 30.8 Å². The van der Waals surface area contributed by atoms with Crippen LogP contribution in [0.3, 0.4) is 0 Å². The first-order chi connectivity index (χ1) is 12.7. The Bertz CT molecular complexity index is 832. The minimum Gasteiger partial charge on any atom is -0.356 e. The van der Waals surface area contributed by atoms with Crippen molar-refractivity contribution in [2.75, 3.05) is 18.0 Å². The first-order valence-electron chi connectivity index (χ1n) is 8.46. The van der Waals surface area contributed by atoms with E-state index in [0.717, 1.165) is 12.1 Å². The van der Waals surface area contributed by atoms with E-state index in [-0.39, 0.29) is 29.2 Å². The first-order valence-corrected chi connectivity index (χ1v) is 8.46. The van der Waals surface area contributed by atoms with Gasteiger partial charge in [-0.15, -0.1) is 0 Å². The summed E-state index contributed by atoms with van der Waals surface area (Å²) in [5.74, 6) is -0.576. The van der Waals surface area contributed by atoms with E-state index in [9.17, 15) is 22.4 Å². The second-order valence-electron chi connectivity index (χ2n) is 6.40. The fraction of sp³-hybridized carbons (Fsp3) is 0.389. The van der Waals surface area contributed by atoms with Gasteiger partial charge in [0.15, 0.2) is 0 Å². The summed E-state index contributed by atoms with van der Waals surface area (Å²) >= 11 is 0. The third-order valence-corrected chi connectivity index (χ3v) is 4.36. The van der Waals surface area contributed by atoms with Gasteiger partial charge in [-0.05, 0) is 38.0 Å². The lowest BCUT2D eigenvalue weighted by molar-refractivity contribution is -0.141. The Labute approximate surface area is 153 Å². The van der Waals surface area contributed by atoms with Crippen LogP contribution in [-0.2, 0) is 6.18 Å². The van der Waals surface area contributed by atoms with Crippen molar-refractivity contribution in [3.63, 3.8) is 0 Å². The normalized spacial score (nSPS) is 15.7. The van der Waals surface area contributed by atoms with E-state index in [0.29, 0.717) is 25.9 Å². The van der Waals surface area contributed by atoms with Crippen molar-refractivity contribution in [1.29, 1.82) is 0 Å². The van der Waals surface area contributed by atoms with E-state index in [1.807, 2.05) is 0 Å². The predicted octanol–water partition coefficient (Wildman–Crippen LogP) is 3.34. The Balaban J connectivity index is 1.62. The van der Waals surface area contributed by atoms with E-state index in [4.69, 9.17) is 0 Å². The lowest BCUT2D eigenvalue weighted by atomic mass is 10.0. The first kappa shape index (κ1) is 19.1. The molecule has 9 heteroatoms. The summed E-state index contributed by atoms with van der Waals surface area (Å²) in [5, 5.41) is 2.84. The molecule has 0 spiro atoms. The molecule has 1 aromatic carbocycles. The zero-order valence-corrected chi connectivity index (χ0v) is 14.6. The molecule has 1 amide bonds. The van der Waals surface area contributed by atoms with Gasteiger partial charge in [0.1, 0.15) is 23.2 Å². The second-order valence-corrected chi connectivity index (χ2v) is 6.40. The van der Waals surface area contributed by atoms with Gasteiger partial charge in [-0.25, -0.2) is 14.4 Å². The second kappa shape index (κ2) is 7.50. The van der Waals surface area contributed by atoms with Gasteiger partial charge < -0.3 is 10.2 Å². The summed E-state index contributed by atoms with van der Waals surface area (Å²) in [6, 6.07) is 6.21. The molecule has 1 aliphatic rings. The number of carbonyl (C=O) groups excluding carboxylic acids is 1. The van der Waals surface area contributed by atoms with Crippen LogP contribution in [0.25, 0.3) is 0 Å². The summed E-state index contributed by atoms with van der Waals surface area (Å²) in [6.45, 7) is 2.31. The van der Waals surface area contributed by atoms with Gasteiger partial charge in [-0.1, -0.05) is 6.07 Å². The lowest BCUT2D eigenvalue weighted by Gasteiger charge is -2.33. The highest BCUT2D eigenvalue weighted by atomic mass is 19.4. The molecule has 1 saturated heterocycles. The number of alkyl halides is 3. The van der Waals surface area contributed by atoms with Crippen molar-refractivity contribution in [3.8, 4) is 0 Å². The maximum atomic E-state index is 13.2. The van der Waals surface area contributed by atoms with Crippen LogP contribution in [0.4, 0.5) is 23.4 Å². The molecule has 1 N–H and O–H groups in total. The Kier molecular flexibility index (Phi) is 5.29. The summed E-state index contributed by atoms with van der Waals surface area (Å²) < 4.78 is 52.0. The highest BCUT2D eigenvalue weighted by molar-refractivity contribution is 5.94. The standard InChI is InChI=1S/C18H18F4N4O/c1-11-23-15(18(20,21)22)10-16(24-11)26-7-5-14(6-8-26)25-17(27)12-3-2-4-13(19)9-12/h2-4,9-10,14H,5-8H2,1H3,(H,25,27). The molecule has 0 radical (unpaired) electrons. The number of aryl methyl sites for hydroxylation is 1. The molecule has 0 atom stereocenters. The van der Waals surface area contributed by atoms with Crippen LogP contribution in [0, 0.1) is 12.7 Å². The zero-order valence-electron chi connectivity index (χ0n) is 14.6. The minimum atomic E-state index is -4.53. The van der Waals surface area contributed by atoms with Crippen molar-refractivity contribution in [2.45, 2.75) is 32.0 Å². The molecular formula is C18H18F4N4O. The fourth-order valence-electron chi connectivity index (χ4n) is 3.01. The molecular weight excluding hydrogens is 364 g/mol. The Morgan fingerprint density at radius 1 is 1.19 bits per heavy atom. The van der Waals surface area contributed by atoms with E-state index in [1.165, 1.54) is 25.1 Å². The lowest BCUT2D eigenvalue weighted by Crippen LogP contribution is -2.45. The Morgan fingerprint density at radius 3 is 2.52 bits per heavy atom. The average molecular weight is 382 g/mol.